The van der Waals surface area contributed by atoms with E-state index in [-0.39, 0.29) is 18.3 Å². The number of nitrogens with one attached hydrogen (secondary N) is 2. The molecule has 0 bridgehead atoms. The molecule has 2 atom stereocenters. The topological polar surface area (TPSA) is 59.0 Å². The van der Waals surface area contributed by atoms with Crippen LogP contribution in [0, 0.1) is 5.41 Å². The molecule has 3 fully saturated rings. The molecule has 2 unspecified atom stereocenters. The van der Waals surface area contributed by atoms with Gasteiger partial charge in [0, 0.05) is 18.8 Å². The number of amides is 1. The first-order valence-electron chi connectivity index (χ1n) is 8.84. The molecule has 0 radical (unpaired) electrons. The maximum Gasteiger partial charge on any atom is 0.272 e. The minimum atomic E-state index is 0. The van der Waals surface area contributed by atoms with Crippen LogP contribution in [0.2, 0.25) is 0 Å². The second-order valence-electron chi connectivity index (χ2n) is 7.33. The van der Waals surface area contributed by atoms with Gasteiger partial charge in [-0.25, -0.2) is 0 Å². The van der Waals surface area contributed by atoms with E-state index in [0.29, 0.717) is 23.2 Å². The molecule has 2 saturated carbocycles. The van der Waals surface area contributed by atoms with Crippen LogP contribution in [0.25, 0.3) is 0 Å². The van der Waals surface area contributed by atoms with Gasteiger partial charge in [0.2, 0.25) is 0 Å². The average molecular weight is 339 g/mol. The largest absolute Gasteiger partial charge is 0.347 e. The summed E-state index contributed by atoms with van der Waals surface area (Å²) in [5.41, 5.74) is 1.01. The first-order chi connectivity index (χ1) is 10.8. The highest BCUT2D eigenvalue weighted by Gasteiger charge is 2.54. The van der Waals surface area contributed by atoms with Crippen molar-refractivity contribution < 1.29 is 4.79 Å². The van der Waals surface area contributed by atoms with Crippen molar-refractivity contribution >= 4 is 18.3 Å². The molecule has 0 aromatic carbocycles. The third-order valence-corrected chi connectivity index (χ3v) is 5.83. The number of carbonyl (C=O) groups excluding carboxylic acids is 1. The molecule has 3 aliphatic rings. The highest BCUT2D eigenvalue weighted by molar-refractivity contribution is 5.92. The van der Waals surface area contributed by atoms with Crippen LogP contribution in [0.4, 0.5) is 0 Å². The number of hydrogen-bond acceptors (Lipinski definition) is 3. The standard InChI is InChI=1S/C17H26N4O.ClH/c22-16(19-15-11-17(15)7-2-1-3-8-17)14-6-10-21(20-14)13-5-4-9-18-12-13;/h6,10,13,15,18H,1-5,7-9,11-12H2,(H,19,22);1H. The number of carbonyl (C=O) groups is 1. The molecule has 1 amide bonds. The number of rotatable bonds is 3. The van der Waals surface area contributed by atoms with Crippen LogP contribution in [0.3, 0.4) is 0 Å². The monoisotopic (exact) mass is 338 g/mol. The Hall–Kier alpha value is -1.07. The number of piperidine rings is 1. The summed E-state index contributed by atoms with van der Waals surface area (Å²) in [5, 5.41) is 11.1. The van der Waals surface area contributed by atoms with Crippen LogP contribution in [0.15, 0.2) is 12.3 Å². The molecule has 2 aliphatic carbocycles. The van der Waals surface area contributed by atoms with E-state index >= 15 is 0 Å². The van der Waals surface area contributed by atoms with Gasteiger partial charge in [0.05, 0.1) is 6.04 Å². The van der Waals surface area contributed by atoms with Crippen molar-refractivity contribution in [2.24, 2.45) is 5.41 Å². The predicted molar refractivity (Wildman–Crippen MR) is 92.0 cm³/mol. The molecule has 1 saturated heterocycles. The number of aromatic nitrogens is 2. The molecule has 23 heavy (non-hydrogen) atoms. The Balaban J connectivity index is 0.00000156. The zero-order valence-electron chi connectivity index (χ0n) is 13.6. The lowest BCUT2D eigenvalue weighted by molar-refractivity contribution is 0.0935. The first-order valence-corrected chi connectivity index (χ1v) is 8.84. The third-order valence-electron chi connectivity index (χ3n) is 5.83. The maximum absolute atomic E-state index is 12.4. The summed E-state index contributed by atoms with van der Waals surface area (Å²) < 4.78 is 1.96. The van der Waals surface area contributed by atoms with Crippen molar-refractivity contribution in [3.63, 3.8) is 0 Å². The summed E-state index contributed by atoms with van der Waals surface area (Å²) >= 11 is 0. The van der Waals surface area contributed by atoms with Crippen molar-refractivity contribution in [2.45, 2.75) is 63.5 Å². The Kier molecular flexibility index (Phi) is 4.97. The number of halogens is 1. The minimum absolute atomic E-state index is 0. The molecule has 5 nitrogen and oxygen atoms in total. The lowest BCUT2D eigenvalue weighted by Gasteiger charge is -2.23. The van der Waals surface area contributed by atoms with Gasteiger partial charge in [-0.2, -0.15) is 5.10 Å². The van der Waals surface area contributed by atoms with Gasteiger partial charge in [0.15, 0.2) is 0 Å². The molecule has 6 heteroatoms. The molecule has 2 heterocycles. The summed E-state index contributed by atoms with van der Waals surface area (Å²) in [5.74, 6) is 0.00923. The Morgan fingerprint density at radius 3 is 2.87 bits per heavy atom. The van der Waals surface area contributed by atoms with Crippen molar-refractivity contribution in [2.75, 3.05) is 13.1 Å². The number of hydrogen-bond donors (Lipinski definition) is 2. The summed E-state index contributed by atoms with van der Waals surface area (Å²) in [6.07, 6.45) is 12.0. The van der Waals surface area contributed by atoms with Crippen LogP contribution in [-0.4, -0.2) is 34.8 Å². The second-order valence-corrected chi connectivity index (χ2v) is 7.33. The molecule has 128 valence electrons. The van der Waals surface area contributed by atoms with Crippen molar-refractivity contribution in [1.29, 1.82) is 0 Å². The molecule has 4 rings (SSSR count). The van der Waals surface area contributed by atoms with E-state index in [9.17, 15) is 4.79 Å². The van der Waals surface area contributed by atoms with Crippen LogP contribution < -0.4 is 10.6 Å². The molecular weight excluding hydrogens is 312 g/mol. The van der Waals surface area contributed by atoms with Crippen LogP contribution >= 0.6 is 12.4 Å². The van der Waals surface area contributed by atoms with Gasteiger partial charge >= 0.3 is 0 Å². The van der Waals surface area contributed by atoms with Gasteiger partial charge in [-0.1, -0.05) is 19.3 Å². The summed E-state index contributed by atoms with van der Waals surface area (Å²) in [4.78, 5) is 12.4. The Labute approximate surface area is 144 Å². The van der Waals surface area contributed by atoms with Crippen molar-refractivity contribution in [1.82, 2.24) is 20.4 Å². The fourth-order valence-corrected chi connectivity index (χ4v) is 4.31. The van der Waals surface area contributed by atoms with Gasteiger partial charge in [0.1, 0.15) is 5.69 Å². The second kappa shape index (κ2) is 6.81. The smallest absolute Gasteiger partial charge is 0.272 e. The molecule has 1 aromatic heterocycles. The summed E-state index contributed by atoms with van der Waals surface area (Å²) in [6, 6.07) is 2.64. The Morgan fingerprint density at radius 1 is 1.30 bits per heavy atom. The van der Waals surface area contributed by atoms with E-state index in [1.807, 2.05) is 16.9 Å². The van der Waals surface area contributed by atoms with E-state index in [0.717, 1.165) is 19.5 Å². The lowest BCUT2D eigenvalue weighted by atomic mass is 9.86. The molecule has 2 N–H and O–H groups in total. The zero-order chi connectivity index (χ0) is 15.0. The van der Waals surface area contributed by atoms with E-state index in [1.54, 1.807) is 0 Å². The van der Waals surface area contributed by atoms with E-state index < -0.39 is 0 Å². The fraction of sp³-hybridized carbons (Fsp3) is 0.765. The van der Waals surface area contributed by atoms with Crippen LogP contribution in [0.1, 0.15) is 67.9 Å². The molecule has 1 spiro atoms. The van der Waals surface area contributed by atoms with Crippen molar-refractivity contribution in [3.05, 3.63) is 18.0 Å². The van der Waals surface area contributed by atoms with Gasteiger partial charge in [-0.3, -0.25) is 9.48 Å². The molecule has 1 aliphatic heterocycles. The van der Waals surface area contributed by atoms with Gasteiger partial charge in [0.25, 0.3) is 5.91 Å². The Morgan fingerprint density at radius 2 is 2.13 bits per heavy atom. The number of nitrogens with zero attached hydrogens (tertiary/aromatic N) is 2. The minimum Gasteiger partial charge on any atom is -0.347 e. The average Bonchev–Trinajstić information content (AvgIpc) is 3.01. The normalized spacial score (nSPS) is 28.9. The first kappa shape index (κ1) is 16.8. The predicted octanol–water partition coefficient (Wildman–Crippen LogP) is 2.68. The third kappa shape index (κ3) is 3.41. The SMILES string of the molecule is Cl.O=C(NC1CC12CCCCC2)c1ccn(C2CCCNC2)n1. The van der Waals surface area contributed by atoms with E-state index in [2.05, 4.69) is 15.7 Å². The van der Waals surface area contributed by atoms with Crippen LogP contribution in [-0.2, 0) is 0 Å². The van der Waals surface area contributed by atoms with Gasteiger partial charge < -0.3 is 10.6 Å². The Bertz CT molecular complexity index is 547. The molecular formula is C17H27ClN4O. The van der Waals surface area contributed by atoms with Crippen molar-refractivity contribution in [3.8, 4) is 0 Å². The van der Waals surface area contributed by atoms with Gasteiger partial charge in [-0.05, 0) is 50.1 Å². The maximum atomic E-state index is 12.4. The van der Waals surface area contributed by atoms with Crippen LogP contribution in [0.5, 0.6) is 0 Å². The van der Waals surface area contributed by atoms with E-state index in [4.69, 9.17) is 0 Å². The highest BCUT2D eigenvalue weighted by Crippen LogP contribution is 2.56. The quantitative estimate of drug-likeness (QED) is 0.890. The van der Waals surface area contributed by atoms with E-state index in [1.165, 1.54) is 44.9 Å². The lowest BCUT2D eigenvalue weighted by Crippen LogP contribution is -2.33. The summed E-state index contributed by atoms with van der Waals surface area (Å²) in [7, 11) is 0. The summed E-state index contributed by atoms with van der Waals surface area (Å²) in [6.45, 7) is 2.04. The fourth-order valence-electron chi connectivity index (χ4n) is 4.31. The zero-order valence-corrected chi connectivity index (χ0v) is 14.4. The highest BCUT2D eigenvalue weighted by atomic mass is 35.5. The molecule has 1 aromatic rings. The van der Waals surface area contributed by atoms with Gasteiger partial charge in [-0.15, -0.1) is 12.4 Å².